The van der Waals surface area contributed by atoms with E-state index in [0.29, 0.717) is 6.10 Å². The van der Waals surface area contributed by atoms with E-state index in [9.17, 15) is 0 Å². The van der Waals surface area contributed by atoms with E-state index in [4.69, 9.17) is 10.5 Å². The molecule has 1 saturated heterocycles. The molecule has 2 fully saturated rings. The lowest BCUT2D eigenvalue weighted by atomic mass is 10.1. The highest BCUT2D eigenvalue weighted by molar-refractivity contribution is 5.03. The van der Waals surface area contributed by atoms with Crippen molar-refractivity contribution in [3.05, 3.63) is 18.2 Å². The van der Waals surface area contributed by atoms with Gasteiger partial charge < -0.3 is 15.0 Å². The molecule has 20 heavy (non-hydrogen) atoms. The normalized spacial score (nSPS) is 21.4. The van der Waals surface area contributed by atoms with Crippen LogP contribution in [0.4, 0.5) is 0 Å². The highest BCUT2D eigenvalue weighted by atomic mass is 16.5. The number of hydrogen-bond donors (Lipinski definition) is 1. The smallest absolute Gasteiger partial charge is 0.0951 e. The quantitative estimate of drug-likeness (QED) is 0.769. The van der Waals surface area contributed by atoms with Crippen molar-refractivity contribution in [2.75, 3.05) is 26.2 Å². The molecule has 0 amide bonds. The monoisotopic (exact) mass is 278 g/mol. The molecule has 3 rings (SSSR count). The van der Waals surface area contributed by atoms with Gasteiger partial charge in [-0.15, -0.1) is 0 Å². The van der Waals surface area contributed by atoms with Crippen LogP contribution in [0.3, 0.4) is 0 Å². The van der Waals surface area contributed by atoms with Gasteiger partial charge in [0.25, 0.3) is 0 Å². The minimum absolute atomic E-state index is 0.436. The van der Waals surface area contributed by atoms with Crippen molar-refractivity contribution in [1.82, 2.24) is 14.5 Å². The summed E-state index contributed by atoms with van der Waals surface area (Å²) in [6.45, 7) is 4.83. The number of ether oxygens (including phenoxy) is 1. The Hall–Kier alpha value is -0.910. The first-order chi connectivity index (χ1) is 9.86. The number of nitrogens with zero attached hydrogens (tertiary/aromatic N) is 3. The minimum atomic E-state index is 0.436. The highest BCUT2D eigenvalue weighted by Gasteiger charge is 2.26. The number of nitrogens with two attached hydrogens (primary N) is 1. The van der Waals surface area contributed by atoms with Gasteiger partial charge in [-0.05, 0) is 38.6 Å². The summed E-state index contributed by atoms with van der Waals surface area (Å²) in [7, 11) is 0. The molecule has 2 N–H and O–H groups in total. The van der Waals surface area contributed by atoms with Crippen LogP contribution in [-0.2, 0) is 11.3 Å². The van der Waals surface area contributed by atoms with E-state index < -0.39 is 0 Å². The number of piperidine rings is 1. The van der Waals surface area contributed by atoms with Crippen LogP contribution in [0.1, 0.15) is 43.8 Å². The third-order valence-corrected chi connectivity index (χ3v) is 4.31. The summed E-state index contributed by atoms with van der Waals surface area (Å²) in [4.78, 5) is 6.84. The second-order valence-electron chi connectivity index (χ2n) is 6.01. The maximum absolute atomic E-state index is 5.85. The Morgan fingerprint density at radius 2 is 2.05 bits per heavy atom. The topological polar surface area (TPSA) is 56.3 Å². The molecule has 5 heteroatoms. The number of rotatable bonds is 7. The van der Waals surface area contributed by atoms with Crippen molar-refractivity contribution < 1.29 is 4.74 Å². The Labute approximate surface area is 121 Å². The van der Waals surface area contributed by atoms with Gasteiger partial charge in [-0.3, -0.25) is 4.90 Å². The van der Waals surface area contributed by atoms with Gasteiger partial charge in [-0.25, -0.2) is 4.98 Å². The van der Waals surface area contributed by atoms with E-state index >= 15 is 0 Å². The average Bonchev–Trinajstić information content (AvgIpc) is 3.21. The molecule has 0 spiro atoms. The highest BCUT2D eigenvalue weighted by Crippen LogP contribution is 2.35. The molecule has 1 aliphatic heterocycles. The fourth-order valence-electron chi connectivity index (χ4n) is 2.93. The van der Waals surface area contributed by atoms with Crippen LogP contribution >= 0.6 is 0 Å². The summed E-state index contributed by atoms with van der Waals surface area (Å²) >= 11 is 0. The summed E-state index contributed by atoms with van der Waals surface area (Å²) < 4.78 is 8.22. The van der Waals surface area contributed by atoms with E-state index in [0.717, 1.165) is 58.1 Å². The van der Waals surface area contributed by atoms with Gasteiger partial charge in [0.15, 0.2) is 0 Å². The zero-order valence-electron chi connectivity index (χ0n) is 12.2. The zero-order chi connectivity index (χ0) is 13.8. The lowest BCUT2D eigenvalue weighted by molar-refractivity contribution is 0.00521. The van der Waals surface area contributed by atoms with Crippen molar-refractivity contribution >= 4 is 0 Å². The first-order valence-corrected chi connectivity index (χ1v) is 7.91. The van der Waals surface area contributed by atoms with Gasteiger partial charge in [0.1, 0.15) is 0 Å². The standard InChI is InChI=1S/C15H26N4O/c16-6-1-9-20-15-4-7-18(8-5-15)11-14-10-17-12-19(14)13-2-3-13/h10,12-13,15H,1-9,11,16H2. The molecule has 0 radical (unpaired) electrons. The Morgan fingerprint density at radius 3 is 2.75 bits per heavy atom. The second kappa shape index (κ2) is 6.70. The lowest BCUT2D eigenvalue weighted by Crippen LogP contribution is -2.37. The van der Waals surface area contributed by atoms with E-state index in [1.807, 2.05) is 12.5 Å². The average molecular weight is 278 g/mol. The van der Waals surface area contributed by atoms with Crippen molar-refractivity contribution in [2.45, 2.75) is 50.8 Å². The molecule has 0 atom stereocenters. The van der Waals surface area contributed by atoms with Crippen LogP contribution in [-0.4, -0.2) is 46.8 Å². The molecule has 0 aromatic carbocycles. The van der Waals surface area contributed by atoms with Crippen molar-refractivity contribution in [2.24, 2.45) is 5.73 Å². The number of hydrogen-bond acceptors (Lipinski definition) is 4. The largest absolute Gasteiger partial charge is 0.378 e. The maximum Gasteiger partial charge on any atom is 0.0951 e. The molecule has 1 aliphatic carbocycles. The fourth-order valence-corrected chi connectivity index (χ4v) is 2.93. The second-order valence-corrected chi connectivity index (χ2v) is 6.01. The van der Waals surface area contributed by atoms with Crippen LogP contribution < -0.4 is 5.73 Å². The molecule has 0 unspecified atom stereocenters. The van der Waals surface area contributed by atoms with E-state index in [2.05, 4.69) is 14.5 Å². The van der Waals surface area contributed by atoms with Gasteiger partial charge in [0.05, 0.1) is 18.1 Å². The van der Waals surface area contributed by atoms with Gasteiger partial charge in [0, 0.05) is 38.5 Å². The predicted molar refractivity (Wildman–Crippen MR) is 78.4 cm³/mol. The lowest BCUT2D eigenvalue weighted by Gasteiger charge is -2.32. The van der Waals surface area contributed by atoms with Gasteiger partial charge in [-0.2, -0.15) is 0 Å². The Balaban J connectivity index is 1.43. The Bertz CT molecular complexity index is 408. The first kappa shape index (κ1) is 14.0. The van der Waals surface area contributed by atoms with E-state index in [1.165, 1.54) is 18.5 Å². The number of aromatic nitrogens is 2. The van der Waals surface area contributed by atoms with Crippen molar-refractivity contribution in [3.8, 4) is 0 Å². The van der Waals surface area contributed by atoms with Gasteiger partial charge in [-0.1, -0.05) is 0 Å². The number of likely N-dealkylation sites (tertiary alicyclic amines) is 1. The summed E-state index contributed by atoms with van der Waals surface area (Å²) in [6.07, 6.45) is 10.4. The van der Waals surface area contributed by atoms with Crippen molar-refractivity contribution in [3.63, 3.8) is 0 Å². The van der Waals surface area contributed by atoms with Gasteiger partial charge in [0.2, 0.25) is 0 Å². The Morgan fingerprint density at radius 1 is 1.25 bits per heavy atom. The summed E-state index contributed by atoms with van der Waals surface area (Å²) in [5.74, 6) is 0. The van der Waals surface area contributed by atoms with Crippen LogP contribution in [0.2, 0.25) is 0 Å². The van der Waals surface area contributed by atoms with Crippen molar-refractivity contribution in [1.29, 1.82) is 0 Å². The third kappa shape index (κ3) is 3.59. The number of imidazole rings is 1. The summed E-state index contributed by atoms with van der Waals surface area (Å²) in [6, 6.07) is 0.727. The minimum Gasteiger partial charge on any atom is -0.378 e. The SMILES string of the molecule is NCCCOC1CCN(Cc2cncn2C2CC2)CC1. The summed E-state index contributed by atoms with van der Waals surface area (Å²) in [5.41, 5.74) is 6.86. The molecule has 112 valence electrons. The molecule has 0 bridgehead atoms. The molecule has 5 nitrogen and oxygen atoms in total. The zero-order valence-corrected chi connectivity index (χ0v) is 12.2. The molecular weight excluding hydrogens is 252 g/mol. The third-order valence-electron chi connectivity index (χ3n) is 4.31. The predicted octanol–water partition coefficient (Wildman–Crippen LogP) is 1.55. The first-order valence-electron chi connectivity index (χ1n) is 7.91. The van der Waals surface area contributed by atoms with Crippen LogP contribution in [0.5, 0.6) is 0 Å². The molecule has 2 aliphatic rings. The van der Waals surface area contributed by atoms with Gasteiger partial charge >= 0.3 is 0 Å². The molecule has 2 heterocycles. The Kier molecular flexibility index (Phi) is 4.70. The van der Waals surface area contributed by atoms with Crippen LogP contribution in [0, 0.1) is 0 Å². The van der Waals surface area contributed by atoms with Crippen LogP contribution in [0.15, 0.2) is 12.5 Å². The van der Waals surface area contributed by atoms with E-state index in [1.54, 1.807) is 0 Å². The molecular formula is C15H26N4O. The molecule has 1 aromatic rings. The molecule has 1 aromatic heterocycles. The molecule has 1 saturated carbocycles. The maximum atomic E-state index is 5.85. The summed E-state index contributed by atoms with van der Waals surface area (Å²) in [5, 5.41) is 0. The fraction of sp³-hybridized carbons (Fsp3) is 0.800. The van der Waals surface area contributed by atoms with E-state index in [-0.39, 0.29) is 0 Å². The van der Waals surface area contributed by atoms with Crippen LogP contribution in [0.25, 0.3) is 0 Å².